The van der Waals surface area contributed by atoms with Gasteiger partial charge in [-0.2, -0.15) is 0 Å². The Morgan fingerprint density at radius 1 is 1.35 bits per heavy atom. The maximum Gasteiger partial charge on any atom is 0.242 e. The summed E-state index contributed by atoms with van der Waals surface area (Å²) in [5.74, 6) is 0.0398. The zero-order valence-corrected chi connectivity index (χ0v) is 13.0. The third-order valence-electron chi connectivity index (χ3n) is 3.13. The van der Waals surface area contributed by atoms with Crippen molar-refractivity contribution in [1.29, 1.82) is 0 Å². The first-order valence-corrected chi connectivity index (χ1v) is 7.33. The molecule has 0 bridgehead atoms. The van der Waals surface area contributed by atoms with Crippen LogP contribution in [0.5, 0.6) is 0 Å². The van der Waals surface area contributed by atoms with Crippen LogP contribution >= 0.6 is 23.2 Å². The SMILES string of the molecule is C[C@@H]1CN(C(=O)CNc2ccc(Cl)cc2Cl)C[C@H](C)O1. The fourth-order valence-electron chi connectivity index (χ4n) is 2.30. The molecule has 1 amide bonds. The smallest absolute Gasteiger partial charge is 0.242 e. The molecule has 0 unspecified atom stereocenters. The van der Waals surface area contributed by atoms with Gasteiger partial charge in [-0.1, -0.05) is 23.2 Å². The number of hydrogen-bond donors (Lipinski definition) is 1. The number of ether oxygens (including phenoxy) is 1. The Balaban J connectivity index is 1.91. The summed E-state index contributed by atoms with van der Waals surface area (Å²) in [5, 5.41) is 4.12. The summed E-state index contributed by atoms with van der Waals surface area (Å²) in [5.41, 5.74) is 0.707. The van der Waals surface area contributed by atoms with Crippen molar-refractivity contribution in [3.05, 3.63) is 28.2 Å². The second-order valence-corrected chi connectivity index (χ2v) is 5.88. The van der Waals surface area contributed by atoms with Gasteiger partial charge in [0.25, 0.3) is 0 Å². The predicted octanol–water partition coefficient (Wildman–Crippen LogP) is 3.04. The van der Waals surface area contributed by atoms with E-state index in [0.29, 0.717) is 28.8 Å². The number of morpholine rings is 1. The second kappa shape index (κ2) is 6.66. The summed E-state index contributed by atoms with van der Waals surface area (Å²) < 4.78 is 5.61. The molecule has 1 aromatic rings. The van der Waals surface area contributed by atoms with Crippen LogP contribution in [0.2, 0.25) is 10.0 Å². The van der Waals surface area contributed by atoms with E-state index in [1.165, 1.54) is 0 Å². The highest BCUT2D eigenvalue weighted by Crippen LogP contribution is 2.25. The Labute approximate surface area is 129 Å². The van der Waals surface area contributed by atoms with Gasteiger partial charge < -0.3 is 15.0 Å². The lowest BCUT2D eigenvalue weighted by molar-refractivity contribution is -0.141. The number of amides is 1. The zero-order chi connectivity index (χ0) is 14.7. The first-order chi connectivity index (χ1) is 9.45. The molecule has 2 atom stereocenters. The highest BCUT2D eigenvalue weighted by atomic mass is 35.5. The number of rotatable bonds is 3. The minimum absolute atomic E-state index is 0.0398. The van der Waals surface area contributed by atoms with Crippen molar-refractivity contribution in [3.63, 3.8) is 0 Å². The third kappa shape index (κ3) is 4.01. The number of nitrogens with zero attached hydrogens (tertiary/aromatic N) is 1. The third-order valence-corrected chi connectivity index (χ3v) is 3.68. The molecular formula is C14H18Cl2N2O2. The van der Waals surface area contributed by atoms with E-state index in [1.807, 2.05) is 18.7 Å². The van der Waals surface area contributed by atoms with Crippen molar-refractivity contribution in [3.8, 4) is 0 Å². The van der Waals surface area contributed by atoms with Crippen LogP contribution < -0.4 is 5.32 Å². The summed E-state index contributed by atoms with van der Waals surface area (Å²) in [4.78, 5) is 14.0. The molecule has 0 saturated carbocycles. The van der Waals surface area contributed by atoms with Gasteiger partial charge >= 0.3 is 0 Å². The maximum absolute atomic E-state index is 12.2. The molecule has 4 nitrogen and oxygen atoms in total. The lowest BCUT2D eigenvalue weighted by atomic mass is 10.2. The summed E-state index contributed by atoms with van der Waals surface area (Å²) in [6, 6.07) is 5.15. The highest BCUT2D eigenvalue weighted by Gasteiger charge is 2.25. The van der Waals surface area contributed by atoms with Gasteiger partial charge in [0.1, 0.15) is 0 Å². The first kappa shape index (κ1) is 15.4. The number of anilines is 1. The lowest BCUT2D eigenvalue weighted by Crippen LogP contribution is -2.49. The maximum atomic E-state index is 12.2. The van der Waals surface area contributed by atoms with Crippen molar-refractivity contribution < 1.29 is 9.53 Å². The Bertz CT molecular complexity index is 486. The largest absolute Gasteiger partial charge is 0.375 e. The Hall–Kier alpha value is -0.970. The molecule has 0 aliphatic carbocycles. The quantitative estimate of drug-likeness (QED) is 0.932. The van der Waals surface area contributed by atoms with Crippen LogP contribution in [0.4, 0.5) is 5.69 Å². The van der Waals surface area contributed by atoms with Crippen molar-refractivity contribution in [2.24, 2.45) is 0 Å². The molecule has 1 aromatic carbocycles. The van der Waals surface area contributed by atoms with E-state index in [-0.39, 0.29) is 24.7 Å². The van der Waals surface area contributed by atoms with Gasteiger partial charge in [0.15, 0.2) is 0 Å². The summed E-state index contributed by atoms with van der Waals surface area (Å²) in [6.45, 7) is 5.40. The van der Waals surface area contributed by atoms with E-state index >= 15 is 0 Å². The van der Waals surface area contributed by atoms with Crippen molar-refractivity contribution in [2.45, 2.75) is 26.1 Å². The molecule has 1 N–H and O–H groups in total. The summed E-state index contributed by atoms with van der Waals surface area (Å²) >= 11 is 11.9. The number of halogens is 2. The average Bonchev–Trinajstić information content (AvgIpc) is 2.36. The summed E-state index contributed by atoms with van der Waals surface area (Å²) in [7, 11) is 0. The molecule has 1 fully saturated rings. The van der Waals surface area contributed by atoms with Gasteiger partial charge in [0, 0.05) is 18.1 Å². The van der Waals surface area contributed by atoms with E-state index < -0.39 is 0 Å². The van der Waals surface area contributed by atoms with Crippen LogP contribution in [-0.2, 0) is 9.53 Å². The number of carbonyl (C=O) groups is 1. The van der Waals surface area contributed by atoms with Crippen LogP contribution in [0.3, 0.4) is 0 Å². The highest BCUT2D eigenvalue weighted by molar-refractivity contribution is 6.36. The number of nitrogens with one attached hydrogen (secondary N) is 1. The van der Waals surface area contributed by atoms with Gasteiger partial charge in [0.2, 0.25) is 5.91 Å². The topological polar surface area (TPSA) is 41.6 Å². The van der Waals surface area contributed by atoms with E-state index in [4.69, 9.17) is 27.9 Å². The van der Waals surface area contributed by atoms with E-state index in [9.17, 15) is 4.79 Å². The van der Waals surface area contributed by atoms with Gasteiger partial charge in [-0.05, 0) is 32.0 Å². The minimum Gasteiger partial charge on any atom is -0.375 e. The molecule has 2 rings (SSSR count). The molecule has 110 valence electrons. The molecule has 0 radical (unpaired) electrons. The van der Waals surface area contributed by atoms with Crippen molar-refractivity contribution in [1.82, 2.24) is 4.90 Å². The van der Waals surface area contributed by atoms with Crippen molar-refractivity contribution in [2.75, 3.05) is 25.0 Å². The van der Waals surface area contributed by atoms with Gasteiger partial charge in [-0.3, -0.25) is 4.79 Å². The normalized spacial score (nSPS) is 22.7. The van der Waals surface area contributed by atoms with Gasteiger partial charge in [0.05, 0.1) is 29.5 Å². The van der Waals surface area contributed by atoms with Crippen LogP contribution in [0, 0.1) is 0 Å². The molecule has 1 aliphatic heterocycles. The molecule has 0 aromatic heterocycles. The molecule has 0 spiro atoms. The van der Waals surface area contributed by atoms with E-state index in [2.05, 4.69) is 5.32 Å². The second-order valence-electron chi connectivity index (χ2n) is 5.03. The van der Waals surface area contributed by atoms with E-state index in [0.717, 1.165) is 0 Å². The average molecular weight is 317 g/mol. The predicted molar refractivity (Wildman–Crippen MR) is 81.5 cm³/mol. The number of carbonyl (C=O) groups excluding carboxylic acids is 1. The zero-order valence-electron chi connectivity index (χ0n) is 11.5. The molecule has 20 heavy (non-hydrogen) atoms. The Kier molecular flexibility index (Phi) is 5.13. The standard InChI is InChI=1S/C14H18Cl2N2O2/c1-9-7-18(8-10(2)20-9)14(19)6-17-13-4-3-11(15)5-12(13)16/h3-5,9-10,17H,6-8H2,1-2H3/t9-,10+. The molecule has 1 heterocycles. The number of hydrogen-bond acceptors (Lipinski definition) is 3. The van der Waals surface area contributed by atoms with Crippen LogP contribution in [0.1, 0.15) is 13.8 Å². The fourth-order valence-corrected chi connectivity index (χ4v) is 2.77. The van der Waals surface area contributed by atoms with Gasteiger partial charge in [-0.15, -0.1) is 0 Å². The summed E-state index contributed by atoms with van der Waals surface area (Å²) in [6.07, 6.45) is 0.142. The molecule has 6 heteroatoms. The molecule has 1 saturated heterocycles. The monoisotopic (exact) mass is 316 g/mol. The van der Waals surface area contributed by atoms with Crippen LogP contribution in [0.15, 0.2) is 18.2 Å². The Morgan fingerprint density at radius 3 is 2.60 bits per heavy atom. The van der Waals surface area contributed by atoms with Gasteiger partial charge in [-0.25, -0.2) is 0 Å². The van der Waals surface area contributed by atoms with E-state index in [1.54, 1.807) is 18.2 Å². The van der Waals surface area contributed by atoms with Crippen LogP contribution in [0.25, 0.3) is 0 Å². The Morgan fingerprint density at radius 2 is 2.00 bits per heavy atom. The minimum atomic E-state index is 0.0398. The lowest BCUT2D eigenvalue weighted by Gasteiger charge is -2.35. The molecular weight excluding hydrogens is 299 g/mol. The molecule has 1 aliphatic rings. The van der Waals surface area contributed by atoms with Crippen molar-refractivity contribution >= 4 is 34.8 Å². The first-order valence-electron chi connectivity index (χ1n) is 6.58. The van der Waals surface area contributed by atoms with Crippen LogP contribution in [-0.4, -0.2) is 42.6 Å². The fraction of sp³-hybridized carbons (Fsp3) is 0.500. The number of benzene rings is 1.